The molecule has 0 bridgehead atoms. The molecule has 0 saturated carbocycles. The molecule has 2 aromatic carbocycles. The van der Waals surface area contributed by atoms with Crippen LogP contribution in [0.15, 0.2) is 36.4 Å². The average molecular weight is 279 g/mol. The van der Waals surface area contributed by atoms with Gasteiger partial charge in [0.2, 0.25) is 0 Å². The minimum absolute atomic E-state index is 0.106. The summed E-state index contributed by atoms with van der Waals surface area (Å²) in [4.78, 5) is 0. The van der Waals surface area contributed by atoms with E-state index in [0.29, 0.717) is 12.1 Å². The van der Waals surface area contributed by atoms with Crippen molar-refractivity contribution in [1.29, 1.82) is 0 Å². The van der Waals surface area contributed by atoms with Gasteiger partial charge in [0.15, 0.2) is 11.6 Å². The van der Waals surface area contributed by atoms with Gasteiger partial charge in [0.1, 0.15) is 5.82 Å². The van der Waals surface area contributed by atoms with E-state index in [1.807, 2.05) is 6.92 Å². The summed E-state index contributed by atoms with van der Waals surface area (Å²) >= 11 is 0. The van der Waals surface area contributed by atoms with E-state index in [2.05, 4.69) is 5.32 Å². The number of aryl methyl sites for hydroxylation is 1. The molecule has 2 rings (SSSR count). The van der Waals surface area contributed by atoms with E-state index in [9.17, 15) is 13.2 Å². The molecule has 0 aliphatic heterocycles. The van der Waals surface area contributed by atoms with Gasteiger partial charge < -0.3 is 5.32 Å². The molecular weight excluding hydrogens is 263 g/mol. The summed E-state index contributed by atoms with van der Waals surface area (Å²) in [6, 6.07) is 7.96. The highest BCUT2D eigenvalue weighted by molar-refractivity contribution is 5.35. The minimum Gasteiger partial charge on any atom is -0.306 e. The largest absolute Gasteiger partial charge is 0.306 e. The third kappa shape index (κ3) is 2.85. The van der Waals surface area contributed by atoms with Gasteiger partial charge in [-0.05, 0) is 31.2 Å². The highest BCUT2D eigenvalue weighted by atomic mass is 19.2. The van der Waals surface area contributed by atoms with Gasteiger partial charge in [0, 0.05) is 11.1 Å². The van der Waals surface area contributed by atoms with Crippen LogP contribution in [-0.4, -0.2) is 6.54 Å². The molecule has 0 aliphatic carbocycles. The van der Waals surface area contributed by atoms with Crippen molar-refractivity contribution < 1.29 is 13.2 Å². The zero-order valence-corrected chi connectivity index (χ0v) is 11.4. The van der Waals surface area contributed by atoms with E-state index in [0.717, 1.165) is 11.6 Å². The summed E-state index contributed by atoms with van der Waals surface area (Å²) in [6.07, 6.45) is 0. The van der Waals surface area contributed by atoms with Crippen molar-refractivity contribution in [2.24, 2.45) is 0 Å². The Morgan fingerprint density at radius 1 is 1.00 bits per heavy atom. The van der Waals surface area contributed by atoms with E-state index >= 15 is 0 Å². The Morgan fingerprint density at radius 2 is 1.75 bits per heavy atom. The van der Waals surface area contributed by atoms with Gasteiger partial charge in [-0.1, -0.05) is 31.2 Å². The summed E-state index contributed by atoms with van der Waals surface area (Å²) in [7, 11) is 0. The molecule has 106 valence electrons. The summed E-state index contributed by atoms with van der Waals surface area (Å²) < 4.78 is 41.4. The molecule has 20 heavy (non-hydrogen) atoms. The zero-order valence-electron chi connectivity index (χ0n) is 11.4. The maximum atomic E-state index is 14.1. The van der Waals surface area contributed by atoms with E-state index in [4.69, 9.17) is 0 Å². The van der Waals surface area contributed by atoms with Crippen molar-refractivity contribution in [2.75, 3.05) is 6.54 Å². The van der Waals surface area contributed by atoms with Crippen LogP contribution in [0.4, 0.5) is 13.2 Å². The van der Waals surface area contributed by atoms with Crippen LogP contribution in [0.25, 0.3) is 0 Å². The second kappa shape index (κ2) is 6.09. The summed E-state index contributed by atoms with van der Waals surface area (Å²) in [5, 5.41) is 3.00. The molecule has 0 aliphatic rings. The molecule has 0 amide bonds. The van der Waals surface area contributed by atoms with Gasteiger partial charge in [-0.3, -0.25) is 0 Å². The lowest BCUT2D eigenvalue weighted by molar-refractivity contribution is 0.477. The zero-order chi connectivity index (χ0) is 14.7. The molecule has 1 unspecified atom stereocenters. The van der Waals surface area contributed by atoms with Crippen LogP contribution >= 0.6 is 0 Å². The van der Waals surface area contributed by atoms with Crippen molar-refractivity contribution >= 4 is 0 Å². The fourth-order valence-electron chi connectivity index (χ4n) is 2.20. The Labute approximate surface area is 116 Å². The molecule has 0 saturated heterocycles. The number of hydrogen-bond acceptors (Lipinski definition) is 1. The Balaban J connectivity index is 2.53. The molecular formula is C16H16F3N. The van der Waals surface area contributed by atoms with Crippen molar-refractivity contribution in [3.63, 3.8) is 0 Å². The van der Waals surface area contributed by atoms with Gasteiger partial charge in [-0.15, -0.1) is 0 Å². The van der Waals surface area contributed by atoms with Crippen LogP contribution in [0.2, 0.25) is 0 Å². The number of rotatable bonds is 4. The van der Waals surface area contributed by atoms with E-state index in [-0.39, 0.29) is 5.56 Å². The van der Waals surface area contributed by atoms with Gasteiger partial charge in [0.25, 0.3) is 0 Å². The Morgan fingerprint density at radius 3 is 2.40 bits per heavy atom. The SMILES string of the molecule is CCNC(c1ccc(C)cc1F)c1cccc(F)c1F. The molecule has 0 heterocycles. The van der Waals surface area contributed by atoms with E-state index in [1.165, 1.54) is 18.2 Å². The second-order valence-corrected chi connectivity index (χ2v) is 4.66. The Kier molecular flexibility index (Phi) is 4.45. The van der Waals surface area contributed by atoms with Crippen LogP contribution in [0.5, 0.6) is 0 Å². The topological polar surface area (TPSA) is 12.0 Å². The second-order valence-electron chi connectivity index (χ2n) is 4.66. The minimum atomic E-state index is -0.946. The standard InChI is InChI=1S/C16H16F3N/c1-3-20-16(11-8-7-10(2)9-14(11)18)12-5-4-6-13(17)15(12)19/h4-9,16,20H,3H2,1-2H3. The first-order valence-electron chi connectivity index (χ1n) is 6.48. The summed E-state index contributed by atoms with van der Waals surface area (Å²) in [5.41, 5.74) is 1.19. The smallest absolute Gasteiger partial charge is 0.163 e. The van der Waals surface area contributed by atoms with Crippen molar-refractivity contribution in [1.82, 2.24) is 5.32 Å². The molecule has 4 heteroatoms. The molecule has 0 radical (unpaired) electrons. The summed E-state index contributed by atoms with van der Waals surface area (Å²) in [5.74, 6) is -2.31. The van der Waals surface area contributed by atoms with Gasteiger partial charge in [0.05, 0.1) is 6.04 Å². The maximum Gasteiger partial charge on any atom is 0.163 e. The normalized spacial score (nSPS) is 12.4. The predicted octanol–water partition coefficient (Wildman–Crippen LogP) is 4.11. The molecule has 2 aromatic rings. The lowest BCUT2D eigenvalue weighted by atomic mass is 9.96. The van der Waals surface area contributed by atoms with Crippen LogP contribution in [0, 0.1) is 24.4 Å². The fourth-order valence-corrected chi connectivity index (χ4v) is 2.20. The highest BCUT2D eigenvalue weighted by Crippen LogP contribution is 2.28. The predicted molar refractivity (Wildman–Crippen MR) is 73.0 cm³/mol. The Bertz CT molecular complexity index is 611. The van der Waals surface area contributed by atoms with Gasteiger partial charge in [-0.25, -0.2) is 13.2 Å². The van der Waals surface area contributed by atoms with Crippen LogP contribution in [0.1, 0.15) is 29.7 Å². The molecule has 0 fully saturated rings. The Hall–Kier alpha value is -1.81. The van der Waals surface area contributed by atoms with Gasteiger partial charge >= 0.3 is 0 Å². The first-order valence-corrected chi connectivity index (χ1v) is 6.48. The van der Waals surface area contributed by atoms with Crippen molar-refractivity contribution in [2.45, 2.75) is 19.9 Å². The lowest BCUT2D eigenvalue weighted by Gasteiger charge is -2.20. The van der Waals surface area contributed by atoms with Crippen LogP contribution in [-0.2, 0) is 0 Å². The number of halogens is 3. The molecule has 1 N–H and O–H groups in total. The monoisotopic (exact) mass is 279 g/mol. The fraction of sp³-hybridized carbons (Fsp3) is 0.250. The molecule has 0 spiro atoms. The van der Waals surface area contributed by atoms with E-state index < -0.39 is 23.5 Å². The first kappa shape index (κ1) is 14.6. The first-order chi connectivity index (χ1) is 9.54. The maximum absolute atomic E-state index is 14.1. The average Bonchev–Trinajstić information content (AvgIpc) is 2.40. The van der Waals surface area contributed by atoms with Crippen LogP contribution in [0.3, 0.4) is 0 Å². The number of benzene rings is 2. The lowest BCUT2D eigenvalue weighted by Crippen LogP contribution is -2.24. The molecule has 0 aromatic heterocycles. The third-order valence-electron chi connectivity index (χ3n) is 3.17. The molecule has 1 atom stereocenters. The number of nitrogens with one attached hydrogen (secondary N) is 1. The van der Waals surface area contributed by atoms with Crippen molar-refractivity contribution in [3.8, 4) is 0 Å². The quantitative estimate of drug-likeness (QED) is 0.888. The van der Waals surface area contributed by atoms with E-state index in [1.54, 1.807) is 19.1 Å². The van der Waals surface area contributed by atoms with Crippen molar-refractivity contribution in [3.05, 3.63) is 70.5 Å². The van der Waals surface area contributed by atoms with Crippen LogP contribution < -0.4 is 5.32 Å². The number of hydrogen-bond donors (Lipinski definition) is 1. The highest BCUT2D eigenvalue weighted by Gasteiger charge is 2.21. The third-order valence-corrected chi connectivity index (χ3v) is 3.17. The van der Waals surface area contributed by atoms with Gasteiger partial charge in [-0.2, -0.15) is 0 Å². The summed E-state index contributed by atoms with van der Waals surface area (Å²) in [6.45, 7) is 4.11. The molecule has 1 nitrogen and oxygen atoms in total.